The summed E-state index contributed by atoms with van der Waals surface area (Å²) in [6, 6.07) is 5.72. The first-order valence-electron chi connectivity index (χ1n) is 13.2. The number of rotatable bonds is 9. The number of anilines is 1. The minimum Gasteiger partial charge on any atom is -0.455 e. The first-order chi connectivity index (χ1) is 15.9. The van der Waals surface area contributed by atoms with E-state index in [1.54, 1.807) is 6.07 Å². The van der Waals surface area contributed by atoms with Crippen molar-refractivity contribution in [2.24, 2.45) is 0 Å². The van der Waals surface area contributed by atoms with Gasteiger partial charge in [-0.05, 0) is 55.4 Å². The second kappa shape index (κ2) is 10.8. The Hall–Kier alpha value is -1.18. The number of halogens is 2. The van der Waals surface area contributed by atoms with E-state index >= 15 is 4.39 Å². The molecule has 194 valence electrons. The van der Waals surface area contributed by atoms with E-state index in [2.05, 4.69) is 65.6 Å². The third-order valence-corrected chi connectivity index (χ3v) is 14.0. The van der Waals surface area contributed by atoms with Crippen LogP contribution in [0.5, 0.6) is 5.75 Å². The van der Waals surface area contributed by atoms with Crippen LogP contribution in [-0.2, 0) is 4.43 Å². The van der Waals surface area contributed by atoms with Gasteiger partial charge in [0.05, 0.1) is 0 Å². The molecule has 1 aromatic carbocycles. The SMILES string of the molecule is CC(C)[Si](OCC(F)Oc1ccc(N2CC(C)(C)N[C@@H]3CCCC[C@H]32)cc1F)(C(C)C)C(C)C. The van der Waals surface area contributed by atoms with Crippen LogP contribution in [0.25, 0.3) is 0 Å². The van der Waals surface area contributed by atoms with Gasteiger partial charge in [0, 0.05) is 35.9 Å². The minimum atomic E-state index is -2.21. The zero-order valence-corrected chi connectivity index (χ0v) is 23.5. The second-order valence-electron chi connectivity index (χ2n) is 11.9. The summed E-state index contributed by atoms with van der Waals surface area (Å²) in [5.74, 6) is -0.579. The summed E-state index contributed by atoms with van der Waals surface area (Å²) in [7, 11) is -2.21. The Labute approximate surface area is 206 Å². The fourth-order valence-electron chi connectivity index (χ4n) is 6.67. The van der Waals surface area contributed by atoms with Gasteiger partial charge in [0.2, 0.25) is 8.32 Å². The molecule has 0 spiro atoms. The van der Waals surface area contributed by atoms with Gasteiger partial charge < -0.3 is 19.4 Å². The van der Waals surface area contributed by atoms with Crippen molar-refractivity contribution in [3.05, 3.63) is 24.0 Å². The lowest BCUT2D eigenvalue weighted by Gasteiger charge is -2.52. The van der Waals surface area contributed by atoms with Crippen LogP contribution in [0.4, 0.5) is 14.5 Å². The van der Waals surface area contributed by atoms with Crippen molar-refractivity contribution in [3.63, 3.8) is 0 Å². The molecule has 1 aliphatic heterocycles. The lowest BCUT2D eigenvalue weighted by Crippen LogP contribution is -2.67. The van der Waals surface area contributed by atoms with E-state index in [0.717, 1.165) is 25.1 Å². The number of nitrogens with one attached hydrogen (secondary N) is 1. The third-order valence-electron chi connectivity index (χ3n) is 7.95. The molecular formula is C27H46F2N2O2Si. The van der Waals surface area contributed by atoms with Gasteiger partial charge in [0.1, 0.15) is 6.61 Å². The highest BCUT2D eigenvalue weighted by molar-refractivity contribution is 6.77. The Kier molecular flexibility index (Phi) is 8.73. The van der Waals surface area contributed by atoms with E-state index in [4.69, 9.17) is 9.16 Å². The van der Waals surface area contributed by atoms with Gasteiger partial charge in [0.25, 0.3) is 6.36 Å². The number of nitrogens with zero attached hydrogens (tertiary/aromatic N) is 1. The number of hydrogen-bond donors (Lipinski definition) is 1. The van der Waals surface area contributed by atoms with Crippen LogP contribution in [0.3, 0.4) is 0 Å². The number of hydrogen-bond acceptors (Lipinski definition) is 4. The highest BCUT2D eigenvalue weighted by Crippen LogP contribution is 2.42. The number of ether oxygens (including phenoxy) is 1. The number of alkyl halides is 1. The fraction of sp³-hybridized carbons (Fsp3) is 0.778. The quantitative estimate of drug-likeness (QED) is 0.367. The first-order valence-corrected chi connectivity index (χ1v) is 15.3. The van der Waals surface area contributed by atoms with Crippen molar-refractivity contribution in [2.75, 3.05) is 18.1 Å². The molecule has 1 heterocycles. The average Bonchev–Trinajstić information content (AvgIpc) is 2.73. The van der Waals surface area contributed by atoms with Crippen LogP contribution in [0.1, 0.15) is 81.1 Å². The normalized spacial score (nSPS) is 24.0. The van der Waals surface area contributed by atoms with E-state index in [-0.39, 0.29) is 17.9 Å². The third kappa shape index (κ3) is 5.79. The van der Waals surface area contributed by atoms with Gasteiger partial charge in [0.15, 0.2) is 11.6 Å². The molecule has 34 heavy (non-hydrogen) atoms. The van der Waals surface area contributed by atoms with Gasteiger partial charge in [-0.2, -0.15) is 4.39 Å². The maximum absolute atomic E-state index is 15.1. The maximum atomic E-state index is 15.1. The van der Waals surface area contributed by atoms with Crippen LogP contribution in [0, 0.1) is 5.82 Å². The van der Waals surface area contributed by atoms with Crippen molar-refractivity contribution < 1.29 is 17.9 Å². The molecule has 0 bridgehead atoms. The molecule has 1 aromatic rings. The number of piperazine rings is 1. The summed E-state index contributed by atoms with van der Waals surface area (Å²) >= 11 is 0. The monoisotopic (exact) mass is 496 g/mol. The lowest BCUT2D eigenvalue weighted by molar-refractivity contribution is 0.0139. The van der Waals surface area contributed by atoms with E-state index in [1.807, 2.05) is 6.07 Å². The molecule has 3 atom stereocenters. The van der Waals surface area contributed by atoms with Crippen molar-refractivity contribution in [1.82, 2.24) is 5.32 Å². The molecule has 2 fully saturated rings. The summed E-state index contributed by atoms with van der Waals surface area (Å²) < 4.78 is 41.6. The lowest BCUT2D eigenvalue weighted by atomic mass is 9.83. The van der Waals surface area contributed by atoms with Crippen LogP contribution >= 0.6 is 0 Å². The van der Waals surface area contributed by atoms with Crippen LogP contribution in [-0.4, -0.2) is 45.4 Å². The zero-order valence-electron chi connectivity index (χ0n) is 22.5. The van der Waals surface area contributed by atoms with Gasteiger partial charge in [-0.15, -0.1) is 0 Å². The molecule has 0 aromatic heterocycles. The van der Waals surface area contributed by atoms with Crippen LogP contribution in [0.2, 0.25) is 16.6 Å². The highest BCUT2D eigenvalue weighted by Gasteiger charge is 2.45. The fourth-order valence-corrected chi connectivity index (χ4v) is 12.1. The number of benzene rings is 1. The molecule has 3 rings (SSSR count). The topological polar surface area (TPSA) is 33.7 Å². The summed E-state index contributed by atoms with van der Waals surface area (Å²) in [6.07, 6.45) is 2.97. The molecule has 7 heteroatoms. The van der Waals surface area contributed by atoms with Crippen molar-refractivity contribution in [1.29, 1.82) is 0 Å². The van der Waals surface area contributed by atoms with Crippen molar-refractivity contribution >= 4 is 14.0 Å². The molecule has 1 aliphatic carbocycles. The molecule has 0 amide bonds. The summed E-state index contributed by atoms with van der Waals surface area (Å²) in [5.41, 5.74) is 1.84. The standard InChI is InChI=1S/C27H46F2N2O2Si/c1-18(2)34(19(3)4,20(5)6)32-16-26(29)33-25-14-13-21(15-22(25)28)31-17-27(7,8)30-23-11-9-10-12-24(23)31/h13-15,18-20,23-24,26,30H,9-12,16-17H2,1-8H3/t23-,24-,26?/m1/s1. The van der Waals surface area contributed by atoms with Gasteiger partial charge in [-0.3, -0.25) is 0 Å². The average molecular weight is 497 g/mol. The Morgan fingerprint density at radius 2 is 1.68 bits per heavy atom. The Balaban J connectivity index is 1.70. The van der Waals surface area contributed by atoms with E-state index < -0.39 is 20.5 Å². The van der Waals surface area contributed by atoms with Gasteiger partial charge in [-0.1, -0.05) is 54.4 Å². The van der Waals surface area contributed by atoms with Crippen LogP contribution < -0.4 is 15.0 Å². The molecule has 1 unspecified atom stereocenters. The smallest absolute Gasteiger partial charge is 0.260 e. The van der Waals surface area contributed by atoms with Crippen molar-refractivity contribution in [3.8, 4) is 5.75 Å². The predicted octanol–water partition coefficient (Wildman–Crippen LogP) is 7.19. The van der Waals surface area contributed by atoms with E-state index in [0.29, 0.717) is 28.7 Å². The van der Waals surface area contributed by atoms with E-state index in [9.17, 15) is 4.39 Å². The summed E-state index contributed by atoms with van der Waals surface area (Å²) in [6.45, 7) is 18.0. The highest BCUT2D eigenvalue weighted by atomic mass is 28.4. The Morgan fingerprint density at radius 1 is 1.06 bits per heavy atom. The van der Waals surface area contributed by atoms with Gasteiger partial charge in [-0.25, -0.2) is 4.39 Å². The summed E-state index contributed by atoms with van der Waals surface area (Å²) in [4.78, 5) is 2.33. The zero-order chi connectivity index (χ0) is 25.3. The Morgan fingerprint density at radius 3 is 2.26 bits per heavy atom. The Bertz CT molecular complexity index is 796. The van der Waals surface area contributed by atoms with Crippen molar-refractivity contribution in [2.45, 2.75) is 122 Å². The number of fused-ring (bicyclic) bond motifs is 1. The molecule has 2 aliphatic rings. The van der Waals surface area contributed by atoms with Gasteiger partial charge >= 0.3 is 0 Å². The molecular weight excluding hydrogens is 450 g/mol. The first kappa shape index (κ1) is 27.4. The van der Waals surface area contributed by atoms with E-state index in [1.165, 1.54) is 18.9 Å². The largest absolute Gasteiger partial charge is 0.455 e. The molecule has 1 saturated carbocycles. The summed E-state index contributed by atoms with van der Waals surface area (Å²) in [5, 5.41) is 3.78. The van der Waals surface area contributed by atoms with Crippen LogP contribution in [0.15, 0.2) is 18.2 Å². The maximum Gasteiger partial charge on any atom is 0.260 e. The molecule has 0 radical (unpaired) electrons. The molecule has 1 saturated heterocycles. The second-order valence-corrected chi connectivity index (χ2v) is 17.3. The molecule has 1 N–H and O–H groups in total. The minimum absolute atomic E-state index is 0.0504. The molecule has 4 nitrogen and oxygen atoms in total. The predicted molar refractivity (Wildman–Crippen MR) is 140 cm³/mol.